The van der Waals surface area contributed by atoms with Crippen LogP contribution in [0.2, 0.25) is 0 Å². The monoisotopic (exact) mass is 334 g/mol. The molecule has 0 aromatic carbocycles. The fourth-order valence-electron chi connectivity index (χ4n) is 3.57. The molecule has 0 radical (unpaired) electrons. The van der Waals surface area contributed by atoms with Crippen molar-refractivity contribution in [1.82, 2.24) is 29.9 Å². The van der Waals surface area contributed by atoms with E-state index >= 15 is 0 Å². The van der Waals surface area contributed by atoms with Gasteiger partial charge in [0, 0.05) is 38.6 Å². The van der Waals surface area contributed by atoms with E-state index in [0.717, 1.165) is 13.0 Å². The molecule has 0 bridgehead atoms. The zero-order chi connectivity index (χ0) is 16.9. The third kappa shape index (κ3) is 3.92. The Balaban J connectivity index is 1.42. The Labute approximate surface area is 142 Å². The minimum Gasteiger partial charge on any atom is -0.339 e. The molecule has 3 rings (SSSR count). The van der Waals surface area contributed by atoms with Gasteiger partial charge in [0.25, 0.3) is 5.91 Å². The number of nitrogens with zero attached hydrogens (tertiary/aromatic N) is 5. The van der Waals surface area contributed by atoms with E-state index in [1.54, 1.807) is 4.90 Å². The summed E-state index contributed by atoms with van der Waals surface area (Å²) in [7, 11) is 2.15. The SMILES string of the molecule is CN1CCCC[C@@H]1CCC(=O)N1CCN(C(=O)c2ncn[nH]2)CC1. The molecule has 8 heteroatoms. The van der Waals surface area contributed by atoms with E-state index in [4.69, 9.17) is 0 Å². The van der Waals surface area contributed by atoms with E-state index in [0.29, 0.717) is 38.6 Å². The molecule has 1 atom stereocenters. The quantitative estimate of drug-likeness (QED) is 0.859. The van der Waals surface area contributed by atoms with E-state index in [1.165, 1.54) is 25.6 Å². The Morgan fingerprint density at radius 3 is 2.58 bits per heavy atom. The summed E-state index contributed by atoms with van der Waals surface area (Å²) in [5, 5.41) is 6.30. The van der Waals surface area contributed by atoms with E-state index < -0.39 is 0 Å². The first kappa shape index (κ1) is 16.9. The number of carbonyl (C=O) groups is 2. The van der Waals surface area contributed by atoms with Crippen molar-refractivity contribution < 1.29 is 9.59 Å². The number of rotatable bonds is 4. The highest BCUT2D eigenvalue weighted by atomic mass is 16.2. The highest BCUT2D eigenvalue weighted by Gasteiger charge is 2.27. The molecule has 1 N–H and O–H groups in total. The van der Waals surface area contributed by atoms with E-state index in [9.17, 15) is 9.59 Å². The second kappa shape index (κ2) is 7.74. The van der Waals surface area contributed by atoms with Gasteiger partial charge in [-0.1, -0.05) is 6.42 Å². The van der Waals surface area contributed by atoms with E-state index in [-0.39, 0.29) is 17.6 Å². The fourth-order valence-corrected chi connectivity index (χ4v) is 3.57. The highest BCUT2D eigenvalue weighted by Crippen LogP contribution is 2.19. The molecule has 0 saturated carbocycles. The average Bonchev–Trinajstić information content (AvgIpc) is 3.15. The number of piperidine rings is 1. The average molecular weight is 334 g/mol. The lowest BCUT2D eigenvalue weighted by atomic mass is 9.98. The molecular weight excluding hydrogens is 308 g/mol. The Bertz CT molecular complexity index is 553. The first-order valence-electron chi connectivity index (χ1n) is 8.78. The van der Waals surface area contributed by atoms with Gasteiger partial charge >= 0.3 is 0 Å². The van der Waals surface area contributed by atoms with E-state index in [1.807, 2.05) is 4.90 Å². The standard InChI is InChI=1S/C16H26N6O2/c1-20-7-3-2-4-13(20)5-6-14(23)21-8-10-22(11-9-21)16(24)15-17-12-18-19-15/h12-13H,2-11H2,1H3,(H,17,18,19)/t13-/m1/s1. The van der Waals surface area contributed by atoms with Crippen molar-refractivity contribution in [2.45, 2.75) is 38.1 Å². The summed E-state index contributed by atoms with van der Waals surface area (Å²) in [5.74, 6) is 0.319. The molecule has 8 nitrogen and oxygen atoms in total. The molecule has 24 heavy (non-hydrogen) atoms. The van der Waals surface area contributed by atoms with Gasteiger partial charge < -0.3 is 14.7 Å². The van der Waals surface area contributed by atoms with Gasteiger partial charge in [-0.3, -0.25) is 14.7 Å². The molecule has 1 aromatic rings. The lowest BCUT2D eigenvalue weighted by molar-refractivity contribution is -0.133. The lowest BCUT2D eigenvalue weighted by Gasteiger charge is -2.35. The number of amides is 2. The summed E-state index contributed by atoms with van der Waals surface area (Å²) in [6.45, 7) is 3.43. The summed E-state index contributed by atoms with van der Waals surface area (Å²) in [5.41, 5.74) is 0. The Morgan fingerprint density at radius 2 is 1.92 bits per heavy atom. The molecular formula is C16H26N6O2. The number of aromatic amines is 1. The predicted molar refractivity (Wildman–Crippen MR) is 88.4 cm³/mol. The van der Waals surface area contributed by atoms with Crippen LogP contribution in [0.5, 0.6) is 0 Å². The van der Waals surface area contributed by atoms with Gasteiger partial charge in [-0.2, -0.15) is 5.10 Å². The molecule has 2 aliphatic rings. The van der Waals surface area contributed by atoms with Crippen LogP contribution in [0.15, 0.2) is 6.33 Å². The maximum atomic E-state index is 12.4. The van der Waals surface area contributed by atoms with Crippen molar-refractivity contribution in [3.05, 3.63) is 12.2 Å². The van der Waals surface area contributed by atoms with Crippen LogP contribution in [0.4, 0.5) is 0 Å². The third-order valence-corrected chi connectivity index (χ3v) is 5.15. The van der Waals surface area contributed by atoms with Gasteiger partial charge in [0.05, 0.1) is 0 Å². The smallest absolute Gasteiger partial charge is 0.291 e. The van der Waals surface area contributed by atoms with Crippen LogP contribution >= 0.6 is 0 Å². The second-order valence-electron chi connectivity index (χ2n) is 6.68. The largest absolute Gasteiger partial charge is 0.339 e. The van der Waals surface area contributed by atoms with Gasteiger partial charge in [0.2, 0.25) is 11.7 Å². The number of carbonyl (C=O) groups excluding carboxylic acids is 2. The first-order chi connectivity index (χ1) is 11.6. The molecule has 0 spiro atoms. The molecule has 2 saturated heterocycles. The molecule has 132 valence electrons. The van der Waals surface area contributed by atoms with Crippen molar-refractivity contribution in [2.24, 2.45) is 0 Å². The minimum absolute atomic E-state index is 0.150. The lowest BCUT2D eigenvalue weighted by Crippen LogP contribution is -2.51. The normalized spacial score (nSPS) is 22.6. The summed E-state index contributed by atoms with van der Waals surface area (Å²) in [6.07, 6.45) is 6.60. The highest BCUT2D eigenvalue weighted by molar-refractivity contribution is 5.90. The summed E-state index contributed by atoms with van der Waals surface area (Å²) < 4.78 is 0. The van der Waals surface area contributed by atoms with Crippen LogP contribution in [-0.2, 0) is 4.79 Å². The molecule has 0 unspecified atom stereocenters. The van der Waals surface area contributed by atoms with Gasteiger partial charge in [0.15, 0.2) is 0 Å². The van der Waals surface area contributed by atoms with Gasteiger partial charge in [-0.05, 0) is 32.9 Å². The number of piperazine rings is 1. The predicted octanol–water partition coefficient (Wildman–Crippen LogP) is 0.354. The number of hydrogen-bond donors (Lipinski definition) is 1. The minimum atomic E-state index is -0.150. The zero-order valence-electron chi connectivity index (χ0n) is 14.3. The maximum Gasteiger partial charge on any atom is 0.291 e. The molecule has 1 aromatic heterocycles. The van der Waals surface area contributed by atoms with Crippen molar-refractivity contribution >= 4 is 11.8 Å². The second-order valence-corrected chi connectivity index (χ2v) is 6.68. The van der Waals surface area contributed by atoms with Crippen LogP contribution in [-0.4, -0.2) is 87.5 Å². The number of nitrogens with one attached hydrogen (secondary N) is 1. The van der Waals surface area contributed by atoms with Gasteiger partial charge in [-0.25, -0.2) is 4.98 Å². The topological polar surface area (TPSA) is 85.4 Å². The van der Waals surface area contributed by atoms with Crippen molar-refractivity contribution in [1.29, 1.82) is 0 Å². The first-order valence-corrected chi connectivity index (χ1v) is 8.78. The number of aromatic nitrogens is 3. The Kier molecular flexibility index (Phi) is 5.44. The Morgan fingerprint density at radius 1 is 1.17 bits per heavy atom. The number of likely N-dealkylation sites (tertiary alicyclic amines) is 1. The molecule has 0 aliphatic carbocycles. The summed E-state index contributed by atoms with van der Waals surface area (Å²) in [4.78, 5) is 34.5. The van der Waals surface area contributed by atoms with Gasteiger partial charge in [0.1, 0.15) is 6.33 Å². The van der Waals surface area contributed by atoms with Gasteiger partial charge in [-0.15, -0.1) is 0 Å². The molecule has 3 heterocycles. The van der Waals surface area contributed by atoms with Crippen LogP contribution in [0, 0.1) is 0 Å². The maximum absolute atomic E-state index is 12.4. The number of hydrogen-bond acceptors (Lipinski definition) is 5. The zero-order valence-corrected chi connectivity index (χ0v) is 14.3. The molecule has 2 fully saturated rings. The van der Waals surface area contributed by atoms with Crippen LogP contribution in [0.3, 0.4) is 0 Å². The fraction of sp³-hybridized carbons (Fsp3) is 0.750. The van der Waals surface area contributed by atoms with Crippen LogP contribution in [0.25, 0.3) is 0 Å². The van der Waals surface area contributed by atoms with Crippen molar-refractivity contribution in [3.8, 4) is 0 Å². The van der Waals surface area contributed by atoms with Crippen LogP contribution in [0.1, 0.15) is 42.7 Å². The summed E-state index contributed by atoms with van der Waals surface area (Å²) >= 11 is 0. The van der Waals surface area contributed by atoms with Crippen molar-refractivity contribution in [2.75, 3.05) is 39.8 Å². The third-order valence-electron chi connectivity index (χ3n) is 5.15. The van der Waals surface area contributed by atoms with Crippen molar-refractivity contribution in [3.63, 3.8) is 0 Å². The summed E-state index contributed by atoms with van der Waals surface area (Å²) in [6, 6.07) is 0.539. The molecule has 2 aliphatic heterocycles. The van der Waals surface area contributed by atoms with E-state index in [2.05, 4.69) is 27.1 Å². The molecule has 2 amide bonds. The number of H-pyrrole nitrogens is 1. The van der Waals surface area contributed by atoms with Crippen LogP contribution < -0.4 is 0 Å². The Hall–Kier alpha value is -1.96.